The molecule has 0 spiro atoms. The quantitative estimate of drug-likeness (QED) is 0.496. The molecule has 4 rings (SSSR count). The Kier molecular flexibility index (Phi) is 6.20. The first kappa shape index (κ1) is 22.3. The molecule has 2 heterocycles. The SMILES string of the molecule is CNC1CCN(c2c(-c3ccc(C(F)(F)F)cc3)cncc2-c2cc(C)cc(F)c2)CC1. The molecule has 1 fully saturated rings. The molecule has 1 N–H and O–H groups in total. The van der Waals surface area contributed by atoms with Crippen LogP contribution in [-0.2, 0) is 6.18 Å². The van der Waals surface area contributed by atoms with Crippen molar-refractivity contribution in [2.24, 2.45) is 0 Å². The van der Waals surface area contributed by atoms with Gasteiger partial charge in [-0.25, -0.2) is 4.39 Å². The van der Waals surface area contributed by atoms with E-state index in [4.69, 9.17) is 0 Å². The number of alkyl halides is 3. The van der Waals surface area contributed by atoms with Crippen LogP contribution in [0.5, 0.6) is 0 Å². The fourth-order valence-electron chi connectivity index (χ4n) is 4.34. The molecule has 1 aliphatic heterocycles. The van der Waals surface area contributed by atoms with Gasteiger partial charge in [-0.2, -0.15) is 13.2 Å². The van der Waals surface area contributed by atoms with Gasteiger partial charge in [0.25, 0.3) is 0 Å². The number of anilines is 1. The van der Waals surface area contributed by atoms with Crippen LogP contribution in [0.2, 0.25) is 0 Å². The summed E-state index contributed by atoms with van der Waals surface area (Å²) in [6.45, 7) is 3.40. The van der Waals surface area contributed by atoms with Gasteiger partial charge < -0.3 is 10.2 Å². The summed E-state index contributed by atoms with van der Waals surface area (Å²) < 4.78 is 53.4. The normalized spacial score (nSPS) is 15.2. The first-order chi connectivity index (χ1) is 15.3. The maximum atomic E-state index is 14.2. The largest absolute Gasteiger partial charge is 0.416 e. The van der Waals surface area contributed by atoms with Crippen molar-refractivity contribution in [3.8, 4) is 22.3 Å². The number of aryl methyl sites for hydroxylation is 1. The van der Waals surface area contributed by atoms with Gasteiger partial charge >= 0.3 is 6.18 Å². The predicted octanol–water partition coefficient (Wildman–Crippen LogP) is 6.07. The van der Waals surface area contributed by atoms with Gasteiger partial charge in [0.15, 0.2) is 0 Å². The molecule has 0 aliphatic carbocycles. The summed E-state index contributed by atoms with van der Waals surface area (Å²) in [5.41, 5.74) is 3.83. The van der Waals surface area contributed by atoms with Crippen LogP contribution in [0.4, 0.5) is 23.2 Å². The van der Waals surface area contributed by atoms with Gasteiger partial charge in [0.1, 0.15) is 5.82 Å². The number of rotatable bonds is 4. The van der Waals surface area contributed by atoms with Crippen molar-refractivity contribution in [3.05, 3.63) is 71.8 Å². The second kappa shape index (κ2) is 8.90. The number of hydrogen-bond donors (Lipinski definition) is 1. The summed E-state index contributed by atoms with van der Waals surface area (Å²) in [6.07, 6.45) is 0.869. The molecule has 0 radical (unpaired) electrons. The highest BCUT2D eigenvalue weighted by atomic mass is 19.4. The Balaban J connectivity index is 1.84. The van der Waals surface area contributed by atoms with Crippen molar-refractivity contribution >= 4 is 5.69 Å². The molecule has 7 heteroatoms. The summed E-state index contributed by atoms with van der Waals surface area (Å²) in [6, 6.07) is 10.4. The number of aromatic nitrogens is 1. The summed E-state index contributed by atoms with van der Waals surface area (Å²) >= 11 is 0. The fourth-order valence-corrected chi connectivity index (χ4v) is 4.34. The molecule has 1 aliphatic rings. The van der Waals surface area contributed by atoms with Crippen LogP contribution >= 0.6 is 0 Å². The second-order valence-electron chi connectivity index (χ2n) is 8.23. The molecular weight excluding hydrogens is 418 g/mol. The van der Waals surface area contributed by atoms with E-state index in [1.54, 1.807) is 12.4 Å². The Bertz CT molecular complexity index is 1070. The summed E-state index contributed by atoms with van der Waals surface area (Å²) in [5, 5.41) is 3.31. The predicted molar refractivity (Wildman–Crippen MR) is 119 cm³/mol. The van der Waals surface area contributed by atoms with E-state index in [1.165, 1.54) is 24.3 Å². The molecule has 3 aromatic rings. The number of nitrogens with zero attached hydrogens (tertiary/aromatic N) is 2. The Hall–Kier alpha value is -2.93. The minimum Gasteiger partial charge on any atom is -0.370 e. The van der Waals surface area contributed by atoms with Crippen LogP contribution in [0.3, 0.4) is 0 Å². The molecule has 0 bridgehead atoms. The lowest BCUT2D eigenvalue weighted by Crippen LogP contribution is -2.41. The minimum atomic E-state index is -4.39. The van der Waals surface area contributed by atoms with E-state index in [-0.39, 0.29) is 5.82 Å². The molecule has 0 atom stereocenters. The molecule has 2 aromatic carbocycles. The molecule has 32 heavy (non-hydrogen) atoms. The van der Waals surface area contributed by atoms with E-state index in [9.17, 15) is 17.6 Å². The van der Waals surface area contributed by atoms with E-state index < -0.39 is 11.7 Å². The smallest absolute Gasteiger partial charge is 0.370 e. The highest BCUT2D eigenvalue weighted by Crippen LogP contribution is 2.41. The standard InChI is InChI=1S/C25H25F4N3/c1-16-11-18(13-20(26)12-16)23-15-31-14-22(17-3-5-19(6-4-17)25(27,28)29)24(23)32-9-7-21(30-2)8-10-32/h3-6,11-15,21,30H,7-10H2,1-2H3. The molecule has 0 saturated carbocycles. The molecular formula is C25H25F4N3. The van der Waals surface area contributed by atoms with Gasteiger partial charge in [-0.05, 0) is 67.8 Å². The Labute approximate surface area is 185 Å². The Morgan fingerprint density at radius 2 is 1.56 bits per heavy atom. The fraction of sp³-hybridized carbons (Fsp3) is 0.320. The number of nitrogens with one attached hydrogen (secondary N) is 1. The van der Waals surface area contributed by atoms with Gasteiger partial charge in [0.05, 0.1) is 11.3 Å². The number of hydrogen-bond acceptors (Lipinski definition) is 3. The van der Waals surface area contributed by atoms with Crippen LogP contribution < -0.4 is 10.2 Å². The number of benzene rings is 2. The molecule has 0 amide bonds. The van der Waals surface area contributed by atoms with Gasteiger partial charge in [-0.1, -0.05) is 18.2 Å². The maximum Gasteiger partial charge on any atom is 0.416 e. The van der Waals surface area contributed by atoms with Crippen molar-refractivity contribution in [3.63, 3.8) is 0 Å². The zero-order valence-electron chi connectivity index (χ0n) is 18.0. The lowest BCUT2D eigenvalue weighted by Gasteiger charge is -2.36. The van der Waals surface area contributed by atoms with E-state index in [0.29, 0.717) is 17.2 Å². The Morgan fingerprint density at radius 3 is 2.12 bits per heavy atom. The summed E-state index contributed by atoms with van der Waals surface area (Å²) in [7, 11) is 1.95. The zero-order chi connectivity index (χ0) is 22.9. The maximum absolute atomic E-state index is 14.2. The molecule has 0 unspecified atom stereocenters. The summed E-state index contributed by atoms with van der Waals surface area (Å²) in [5.74, 6) is -0.334. The second-order valence-corrected chi connectivity index (χ2v) is 8.23. The van der Waals surface area contributed by atoms with Gasteiger partial charge in [-0.3, -0.25) is 4.98 Å². The number of pyridine rings is 1. The first-order valence-corrected chi connectivity index (χ1v) is 10.6. The third-order valence-corrected chi connectivity index (χ3v) is 6.01. The molecule has 1 aromatic heterocycles. The van der Waals surface area contributed by atoms with E-state index in [2.05, 4.69) is 15.2 Å². The highest BCUT2D eigenvalue weighted by Gasteiger charge is 2.30. The third-order valence-electron chi connectivity index (χ3n) is 6.01. The van der Waals surface area contributed by atoms with E-state index in [0.717, 1.165) is 60.4 Å². The minimum absolute atomic E-state index is 0.334. The van der Waals surface area contributed by atoms with Gasteiger partial charge in [0.2, 0.25) is 0 Å². The van der Waals surface area contributed by atoms with E-state index >= 15 is 0 Å². The molecule has 3 nitrogen and oxygen atoms in total. The van der Waals surface area contributed by atoms with Gasteiger partial charge in [0, 0.05) is 42.7 Å². The topological polar surface area (TPSA) is 28.2 Å². The van der Waals surface area contributed by atoms with Crippen molar-refractivity contribution in [2.45, 2.75) is 32.0 Å². The van der Waals surface area contributed by atoms with Crippen molar-refractivity contribution < 1.29 is 17.6 Å². The van der Waals surface area contributed by atoms with Crippen LogP contribution in [0.1, 0.15) is 24.0 Å². The highest BCUT2D eigenvalue weighted by molar-refractivity contribution is 5.90. The van der Waals surface area contributed by atoms with Crippen molar-refractivity contribution in [2.75, 3.05) is 25.0 Å². The number of piperidine rings is 1. The zero-order valence-corrected chi connectivity index (χ0v) is 18.0. The van der Waals surface area contributed by atoms with Crippen LogP contribution in [0, 0.1) is 12.7 Å². The lowest BCUT2D eigenvalue weighted by atomic mass is 9.94. The van der Waals surface area contributed by atoms with Crippen molar-refractivity contribution in [1.29, 1.82) is 0 Å². The average Bonchev–Trinajstić information content (AvgIpc) is 2.77. The summed E-state index contributed by atoms with van der Waals surface area (Å²) in [4.78, 5) is 6.61. The number of halogens is 4. The lowest BCUT2D eigenvalue weighted by molar-refractivity contribution is -0.137. The Morgan fingerprint density at radius 1 is 0.938 bits per heavy atom. The van der Waals surface area contributed by atoms with Crippen LogP contribution in [-0.4, -0.2) is 31.2 Å². The van der Waals surface area contributed by atoms with E-state index in [1.807, 2.05) is 20.0 Å². The van der Waals surface area contributed by atoms with Crippen LogP contribution in [0.25, 0.3) is 22.3 Å². The van der Waals surface area contributed by atoms with Gasteiger partial charge in [-0.15, -0.1) is 0 Å². The monoisotopic (exact) mass is 443 g/mol. The third kappa shape index (κ3) is 4.63. The average molecular weight is 443 g/mol. The van der Waals surface area contributed by atoms with Crippen LogP contribution in [0.15, 0.2) is 54.9 Å². The molecule has 1 saturated heterocycles. The molecule has 168 valence electrons. The van der Waals surface area contributed by atoms with Crippen molar-refractivity contribution in [1.82, 2.24) is 10.3 Å². The first-order valence-electron chi connectivity index (χ1n) is 10.6.